The number of hydrogen-bond donors (Lipinski definition) is 1. The number of hydrogen-bond acceptors (Lipinski definition) is 3. The van der Waals surface area contributed by atoms with Gasteiger partial charge in [0.25, 0.3) is 5.91 Å². The standard InChI is InChI=1S/C26H37N3O3/c1-18(2)13-14-29-24(30)23-15-19-11-12-21(32-4)16-22(19)28(23)17-26(29,3)25(31)27-20-9-7-5-6-8-10-20/h11-12,15-16,18,20H,5-10,13-14,17H2,1-4H3,(H,27,31). The van der Waals surface area contributed by atoms with E-state index in [0.29, 0.717) is 24.7 Å². The van der Waals surface area contributed by atoms with E-state index >= 15 is 0 Å². The zero-order chi connectivity index (χ0) is 22.9. The van der Waals surface area contributed by atoms with Crippen molar-refractivity contribution in [2.75, 3.05) is 13.7 Å². The number of nitrogens with one attached hydrogen (secondary N) is 1. The lowest BCUT2D eigenvalue weighted by molar-refractivity contribution is -0.133. The van der Waals surface area contributed by atoms with Gasteiger partial charge in [-0.05, 0) is 50.3 Å². The highest BCUT2D eigenvalue weighted by Crippen LogP contribution is 2.34. The van der Waals surface area contributed by atoms with E-state index in [4.69, 9.17) is 4.74 Å². The summed E-state index contributed by atoms with van der Waals surface area (Å²) in [6.45, 7) is 7.27. The number of rotatable bonds is 6. The second kappa shape index (κ2) is 9.16. The maximum Gasteiger partial charge on any atom is 0.271 e. The van der Waals surface area contributed by atoms with Crippen molar-refractivity contribution in [1.29, 1.82) is 0 Å². The average Bonchev–Trinajstić information content (AvgIpc) is 2.93. The highest BCUT2D eigenvalue weighted by Gasteiger charge is 2.47. The number of amides is 2. The number of aromatic nitrogens is 1. The molecule has 0 saturated heterocycles. The first kappa shape index (κ1) is 22.7. The van der Waals surface area contributed by atoms with E-state index in [-0.39, 0.29) is 17.9 Å². The lowest BCUT2D eigenvalue weighted by atomic mass is 9.92. The third-order valence-electron chi connectivity index (χ3n) is 7.25. The third-order valence-corrected chi connectivity index (χ3v) is 7.25. The smallest absolute Gasteiger partial charge is 0.271 e. The zero-order valence-corrected chi connectivity index (χ0v) is 19.9. The molecule has 1 saturated carbocycles. The fraction of sp³-hybridized carbons (Fsp3) is 0.615. The monoisotopic (exact) mass is 439 g/mol. The minimum atomic E-state index is -0.930. The van der Waals surface area contributed by atoms with E-state index in [1.165, 1.54) is 12.8 Å². The maximum atomic E-state index is 13.7. The molecule has 2 amide bonds. The number of fused-ring (bicyclic) bond motifs is 3. The topological polar surface area (TPSA) is 63.6 Å². The number of carbonyl (C=O) groups is 2. The summed E-state index contributed by atoms with van der Waals surface area (Å²) in [7, 11) is 1.64. The van der Waals surface area contributed by atoms with Crippen LogP contribution in [0.25, 0.3) is 10.9 Å². The molecule has 1 atom stereocenters. The molecule has 4 rings (SSSR count). The number of ether oxygens (including phenoxy) is 1. The van der Waals surface area contributed by atoms with Crippen molar-refractivity contribution in [2.45, 2.75) is 83.8 Å². The molecule has 174 valence electrons. The molecule has 1 unspecified atom stereocenters. The molecule has 2 aliphatic rings. The highest BCUT2D eigenvalue weighted by molar-refractivity contribution is 6.03. The molecule has 0 spiro atoms. The molecule has 1 aromatic heterocycles. The summed E-state index contributed by atoms with van der Waals surface area (Å²) in [5.74, 6) is 1.11. The van der Waals surface area contributed by atoms with Crippen LogP contribution in [-0.4, -0.2) is 46.5 Å². The van der Waals surface area contributed by atoms with E-state index in [1.54, 1.807) is 7.11 Å². The Hall–Kier alpha value is -2.50. The van der Waals surface area contributed by atoms with Crippen molar-refractivity contribution < 1.29 is 14.3 Å². The third kappa shape index (κ3) is 4.24. The Balaban J connectivity index is 1.71. The number of carbonyl (C=O) groups excluding carboxylic acids is 2. The molecule has 6 heteroatoms. The van der Waals surface area contributed by atoms with Crippen LogP contribution in [0.5, 0.6) is 5.75 Å². The first-order valence-electron chi connectivity index (χ1n) is 12.1. The summed E-state index contributed by atoms with van der Waals surface area (Å²) in [5.41, 5.74) is 0.654. The lowest BCUT2D eigenvalue weighted by Crippen LogP contribution is -2.65. The largest absolute Gasteiger partial charge is 0.497 e. The normalized spacial score (nSPS) is 22.2. The van der Waals surface area contributed by atoms with Crippen molar-refractivity contribution in [3.63, 3.8) is 0 Å². The summed E-state index contributed by atoms with van der Waals surface area (Å²) in [5, 5.41) is 4.32. The zero-order valence-electron chi connectivity index (χ0n) is 19.9. The van der Waals surface area contributed by atoms with Crippen LogP contribution in [-0.2, 0) is 11.3 Å². The molecule has 1 aliphatic carbocycles. The minimum absolute atomic E-state index is 0.0306. The maximum absolute atomic E-state index is 13.7. The molecule has 2 aromatic rings. The van der Waals surface area contributed by atoms with Crippen LogP contribution in [0, 0.1) is 5.92 Å². The predicted molar refractivity (Wildman–Crippen MR) is 127 cm³/mol. The van der Waals surface area contributed by atoms with Gasteiger partial charge in [-0.25, -0.2) is 0 Å². The van der Waals surface area contributed by atoms with Crippen molar-refractivity contribution in [3.8, 4) is 5.75 Å². The fourth-order valence-corrected chi connectivity index (χ4v) is 5.16. The van der Waals surface area contributed by atoms with Gasteiger partial charge in [-0.15, -0.1) is 0 Å². The lowest BCUT2D eigenvalue weighted by Gasteiger charge is -2.45. The number of benzene rings is 1. The second-order valence-corrected chi connectivity index (χ2v) is 10.1. The van der Waals surface area contributed by atoms with E-state index in [9.17, 15) is 9.59 Å². The first-order valence-corrected chi connectivity index (χ1v) is 12.1. The number of nitrogens with zero attached hydrogens (tertiary/aromatic N) is 2. The van der Waals surface area contributed by atoms with Crippen LogP contribution < -0.4 is 10.1 Å². The van der Waals surface area contributed by atoms with Crippen molar-refractivity contribution in [3.05, 3.63) is 30.0 Å². The van der Waals surface area contributed by atoms with Crippen LogP contribution in [0.3, 0.4) is 0 Å². The van der Waals surface area contributed by atoms with Crippen molar-refractivity contribution >= 4 is 22.7 Å². The van der Waals surface area contributed by atoms with E-state index in [1.807, 2.05) is 40.7 Å². The summed E-state index contributed by atoms with van der Waals surface area (Å²) in [6.07, 6.45) is 7.71. The van der Waals surface area contributed by atoms with Gasteiger partial charge in [0.05, 0.1) is 19.2 Å². The second-order valence-electron chi connectivity index (χ2n) is 10.1. The summed E-state index contributed by atoms with van der Waals surface area (Å²) in [6, 6.07) is 8.00. The van der Waals surface area contributed by atoms with Gasteiger partial charge >= 0.3 is 0 Å². The van der Waals surface area contributed by atoms with E-state index in [2.05, 4.69) is 19.2 Å². The number of methoxy groups -OCH3 is 1. The Morgan fingerprint density at radius 1 is 1.19 bits per heavy atom. The van der Waals surface area contributed by atoms with Gasteiger partial charge in [0.2, 0.25) is 5.91 Å². The minimum Gasteiger partial charge on any atom is -0.497 e. The molecule has 1 aliphatic heterocycles. The van der Waals surface area contributed by atoms with Gasteiger partial charge in [-0.3, -0.25) is 9.59 Å². The van der Waals surface area contributed by atoms with Gasteiger partial charge in [-0.1, -0.05) is 39.5 Å². The molecule has 6 nitrogen and oxygen atoms in total. The molecular formula is C26H37N3O3. The van der Waals surface area contributed by atoms with Gasteiger partial charge in [0.15, 0.2) is 0 Å². The van der Waals surface area contributed by atoms with Gasteiger partial charge < -0.3 is 19.5 Å². The van der Waals surface area contributed by atoms with Crippen LogP contribution in [0.15, 0.2) is 24.3 Å². The summed E-state index contributed by atoms with van der Waals surface area (Å²) in [4.78, 5) is 29.3. The van der Waals surface area contributed by atoms with Crippen molar-refractivity contribution in [1.82, 2.24) is 14.8 Å². The Morgan fingerprint density at radius 3 is 2.56 bits per heavy atom. The Morgan fingerprint density at radius 2 is 1.91 bits per heavy atom. The van der Waals surface area contributed by atoms with Crippen molar-refractivity contribution in [2.24, 2.45) is 5.92 Å². The van der Waals surface area contributed by atoms with Crippen LogP contribution in [0.2, 0.25) is 0 Å². The molecule has 1 fully saturated rings. The quantitative estimate of drug-likeness (QED) is 0.661. The Labute approximate surface area is 191 Å². The van der Waals surface area contributed by atoms with Gasteiger partial charge in [-0.2, -0.15) is 0 Å². The Kier molecular flexibility index (Phi) is 6.50. The summed E-state index contributed by atoms with van der Waals surface area (Å²) >= 11 is 0. The van der Waals surface area contributed by atoms with E-state index < -0.39 is 5.54 Å². The predicted octanol–water partition coefficient (Wildman–Crippen LogP) is 4.75. The molecule has 1 N–H and O–H groups in total. The molecule has 0 bridgehead atoms. The molecule has 2 heterocycles. The van der Waals surface area contributed by atoms with Crippen LogP contribution in [0.4, 0.5) is 0 Å². The Bertz CT molecular complexity index is 988. The highest BCUT2D eigenvalue weighted by atomic mass is 16.5. The first-order chi connectivity index (χ1) is 15.3. The summed E-state index contributed by atoms with van der Waals surface area (Å²) < 4.78 is 7.43. The molecular weight excluding hydrogens is 402 g/mol. The average molecular weight is 440 g/mol. The van der Waals surface area contributed by atoms with E-state index in [0.717, 1.165) is 48.8 Å². The van der Waals surface area contributed by atoms with Crippen LogP contribution >= 0.6 is 0 Å². The van der Waals surface area contributed by atoms with Crippen LogP contribution in [0.1, 0.15) is 76.2 Å². The SMILES string of the molecule is COc1ccc2cc3n(c2c1)CC(C)(C(=O)NC1CCCCCC1)N(CCC(C)C)C3=O. The molecule has 1 aromatic carbocycles. The fourth-order valence-electron chi connectivity index (χ4n) is 5.16. The van der Waals surface area contributed by atoms with Gasteiger partial charge in [0.1, 0.15) is 17.0 Å². The molecule has 32 heavy (non-hydrogen) atoms. The van der Waals surface area contributed by atoms with Gasteiger partial charge in [0, 0.05) is 24.0 Å². The molecule has 0 radical (unpaired) electrons.